The van der Waals surface area contributed by atoms with Gasteiger partial charge in [0.15, 0.2) is 11.3 Å². The molecule has 458 valence electrons. The predicted molar refractivity (Wildman–Crippen MR) is 403 cm³/mol. The molecule has 8 nitrogen and oxygen atoms in total. The van der Waals surface area contributed by atoms with Crippen molar-refractivity contribution in [2.45, 2.75) is 0 Å². The van der Waals surface area contributed by atoms with E-state index in [0.717, 1.165) is 173 Å². The van der Waals surface area contributed by atoms with E-state index in [-0.39, 0.29) is 0 Å². The molecule has 0 atom stereocenters. The SMILES string of the molecule is c1ccc(-c2cc(-c3cccc(-c4cnc5c(c4)n4c6ccccc6nc4n5-c4cccc(-c5c(-c6ccccc6)c(-c6ccccc6)cc(-c6ccccc6)c5-c5ccccc5)c4)c3)cc(-c3cccc(-n4c5ccccc5n5c6cccnc6nc45)c3)c2-c2ccccc2)cc1. The van der Waals surface area contributed by atoms with Gasteiger partial charge in [0.25, 0.3) is 0 Å². The first-order valence-electron chi connectivity index (χ1n) is 33.2. The van der Waals surface area contributed by atoms with Crippen LogP contribution in [0.2, 0.25) is 0 Å². The summed E-state index contributed by atoms with van der Waals surface area (Å²) in [4.78, 5) is 20.8. The van der Waals surface area contributed by atoms with Crippen molar-refractivity contribution in [2.24, 2.45) is 0 Å². The topological polar surface area (TPSA) is 70.2 Å². The molecule has 19 aromatic rings. The summed E-state index contributed by atoms with van der Waals surface area (Å²) < 4.78 is 9.02. The Kier molecular flexibility index (Phi) is 13.4. The number of pyridine rings is 2. The summed E-state index contributed by atoms with van der Waals surface area (Å²) >= 11 is 0. The minimum absolute atomic E-state index is 0.710. The molecule has 0 aliphatic rings. The van der Waals surface area contributed by atoms with Gasteiger partial charge in [-0.15, -0.1) is 0 Å². The first kappa shape index (κ1) is 56.3. The largest absolute Gasteiger partial charge is 0.278 e. The third-order valence-electron chi connectivity index (χ3n) is 19.3. The number of imidazole rings is 4. The molecule has 6 heterocycles. The van der Waals surface area contributed by atoms with E-state index in [4.69, 9.17) is 15.0 Å². The van der Waals surface area contributed by atoms with Crippen molar-refractivity contribution >= 4 is 55.9 Å². The van der Waals surface area contributed by atoms with Gasteiger partial charge in [0, 0.05) is 23.6 Å². The minimum atomic E-state index is 0.710. The van der Waals surface area contributed by atoms with Gasteiger partial charge in [-0.3, -0.25) is 17.9 Å². The highest BCUT2D eigenvalue weighted by Gasteiger charge is 2.27. The van der Waals surface area contributed by atoms with Crippen LogP contribution in [0.4, 0.5) is 0 Å². The van der Waals surface area contributed by atoms with Crippen molar-refractivity contribution in [1.29, 1.82) is 0 Å². The highest BCUT2D eigenvalue weighted by atomic mass is 15.2. The number of fused-ring (bicyclic) bond motifs is 10. The third-order valence-corrected chi connectivity index (χ3v) is 19.3. The molecule has 0 radical (unpaired) electrons. The monoisotopic (exact) mass is 1250 g/mol. The normalized spacial score (nSPS) is 11.7. The summed E-state index contributed by atoms with van der Waals surface area (Å²) in [5.74, 6) is 1.59. The van der Waals surface area contributed by atoms with Crippen LogP contribution in [0.3, 0.4) is 0 Å². The summed E-state index contributed by atoms with van der Waals surface area (Å²) in [6.45, 7) is 0. The van der Waals surface area contributed by atoms with Crippen LogP contribution >= 0.6 is 0 Å². The van der Waals surface area contributed by atoms with E-state index in [1.807, 2.05) is 18.5 Å². The third kappa shape index (κ3) is 9.37. The maximum Gasteiger partial charge on any atom is 0.222 e. The zero-order chi connectivity index (χ0) is 64.6. The molecule has 0 aliphatic heterocycles. The van der Waals surface area contributed by atoms with Gasteiger partial charge in [-0.1, -0.05) is 249 Å². The molecule has 13 aromatic carbocycles. The Labute approximate surface area is 565 Å². The fourth-order valence-corrected chi connectivity index (χ4v) is 14.9. The quantitative estimate of drug-likeness (QED) is 0.122. The second-order valence-corrected chi connectivity index (χ2v) is 25.0. The average molecular weight is 1250 g/mol. The first-order chi connectivity index (χ1) is 48.6. The molecule has 0 bridgehead atoms. The molecule has 0 saturated heterocycles. The number of rotatable bonds is 12. The Morgan fingerprint density at radius 1 is 0.224 bits per heavy atom. The zero-order valence-electron chi connectivity index (χ0n) is 53.1. The van der Waals surface area contributed by atoms with Crippen molar-refractivity contribution < 1.29 is 0 Å². The van der Waals surface area contributed by atoms with Gasteiger partial charge in [0.2, 0.25) is 11.6 Å². The van der Waals surface area contributed by atoms with E-state index in [1.165, 1.54) is 0 Å². The highest BCUT2D eigenvalue weighted by molar-refractivity contribution is 6.08. The van der Waals surface area contributed by atoms with Crippen LogP contribution in [-0.2, 0) is 0 Å². The number of para-hydroxylation sites is 4. The van der Waals surface area contributed by atoms with E-state index < -0.39 is 0 Å². The van der Waals surface area contributed by atoms with Crippen LogP contribution in [0.5, 0.6) is 0 Å². The van der Waals surface area contributed by atoms with Crippen molar-refractivity contribution in [1.82, 2.24) is 37.9 Å². The molecule has 0 unspecified atom stereocenters. The Morgan fingerprint density at radius 3 is 1.29 bits per heavy atom. The van der Waals surface area contributed by atoms with Gasteiger partial charge in [0.1, 0.15) is 0 Å². The summed E-state index contributed by atoms with van der Waals surface area (Å²) in [6.07, 6.45) is 3.84. The molecular weight excluding hydrogens is 1190 g/mol. The second kappa shape index (κ2) is 23.3. The molecule has 0 amide bonds. The molecule has 0 fully saturated rings. The van der Waals surface area contributed by atoms with Gasteiger partial charge in [-0.05, 0) is 197 Å². The van der Waals surface area contributed by atoms with Crippen LogP contribution < -0.4 is 0 Å². The lowest BCUT2D eigenvalue weighted by Gasteiger charge is -2.24. The number of hydrogen-bond donors (Lipinski definition) is 0. The molecule has 0 saturated carbocycles. The molecule has 6 aromatic heterocycles. The van der Waals surface area contributed by atoms with Crippen molar-refractivity contribution in [3.05, 3.63) is 352 Å². The molecule has 19 rings (SSSR count). The van der Waals surface area contributed by atoms with E-state index in [2.05, 4.69) is 357 Å². The second-order valence-electron chi connectivity index (χ2n) is 25.0. The Bertz CT molecular complexity index is 6170. The summed E-state index contributed by atoms with van der Waals surface area (Å²) in [5, 5.41) is 0. The Hall–Kier alpha value is -13.3. The number of hydrogen-bond acceptors (Lipinski definition) is 4. The molecular formula is C90H58N8. The summed E-state index contributed by atoms with van der Waals surface area (Å²) in [6, 6.07) is 122. The van der Waals surface area contributed by atoms with Gasteiger partial charge in [-0.2, -0.15) is 4.98 Å². The van der Waals surface area contributed by atoms with Crippen LogP contribution in [0.15, 0.2) is 352 Å². The van der Waals surface area contributed by atoms with Gasteiger partial charge >= 0.3 is 0 Å². The lowest BCUT2D eigenvalue weighted by atomic mass is 9.79. The predicted octanol–water partition coefficient (Wildman–Crippen LogP) is 22.6. The number of aromatic nitrogens is 8. The smallest absolute Gasteiger partial charge is 0.222 e. The van der Waals surface area contributed by atoms with Crippen molar-refractivity contribution in [3.8, 4) is 123 Å². The molecule has 0 N–H and O–H groups in total. The molecule has 98 heavy (non-hydrogen) atoms. The van der Waals surface area contributed by atoms with E-state index in [0.29, 0.717) is 5.65 Å². The minimum Gasteiger partial charge on any atom is -0.278 e. The number of nitrogens with zero attached hydrogens (tertiary/aromatic N) is 8. The van der Waals surface area contributed by atoms with Crippen LogP contribution in [0.1, 0.15) is 0 Å². The Morgan fingerprint density at radius 2 is 0.663 bits per heavy atom. The number of benzene rings is 13. The average Bonchev–Trinajstić information content (AvgIpc) is 1.60. The molecule has 8 heteroatoms. The molecule has 0 spiro atoms. The van der Waals surface area contributed by atoms with E-state index >= 15 is 0 Å². The Balaban J connectivity index is 0.789. The van der Waals surface area contributed by atoms with Crippen LogP contribution in [0.25, 0.3) is 179 Å². The first-order valence-corrected chi connectivity index (χ1v) is 33.2. The van der Waals surface area contributed by atoms with Crippen molar-refractivity contribution in [3.63, 3.8) is 0 Å². The van der Waals surface area contributed by atoms with Crippen LogP contribution in [0, 0.1) is 0 Å². The van der Waals surface area contributed by atoms with Gasteiger partial charge in [-0.25, -0.2) is 15.0 Å². The zero-order valence-corrected chi connectivity index (χ0v) is 53.1. The summed E-state index contributed by atoms with van der Waals surface area (Å²) in [5.41, 5.74) is 31.7. The highest BCUT2D eigenvalue weighted by Crippen LogP contribution is 2.51. The lowest BCUT2D eigenvalue weighted by molar-refractivity contribution is 1.09. The van der Waals surface area contributed by atoms with Crippen molar-refractivity contribution in [2.75, 3.05) is 0 Å². The van der Waals surface area contributed by atoms with E-state index in [9.17, 15) is 0 Å². The van der Waals surface area contributed by atoms with E-state index in [1.54, 1.807) is 0 Å². The lowest BCUT2D eigenvalue weighted by Crippen LogP contribution is -2.00. The van der Waals surface area contributed by atoms with Crippen LogP contribution in [-0.4, -0.2) is 37.9 Å². The standard InChI is InChI=1S/C90H58N8/c1-7-27-59(28-8-1)73-54-69(55-74(83(73)62-33-13-4-14-34-62)67-41-24-43-71(52-67)95-79-47-21-22-48-80(79)98-81-49-26-50-91-87(81)94-90(95)98)65-39-23-40-66(51-65)70-56-82-88(92-58-70)96(89-93-77-45-19-20-46-78(77)97(82)89)72-44-25-42-68(53-72)86-84(63-35-15-5-16-36-63)75(60-29-9-2-10-30-60)57-76(61-31-11-3-12-32-61)85(86)64-37-17-6-18-38-64/h1-58H. The maximum atomic E-state index is 5.52. The fraction of sp³-hybridized carbons (Fsp3) is 0. The molecule has 0 aliphatic carbocycles. The van der Waals surface area contributed by atoms with Gasteiger partial charge < -0.3 is 0 Å². The fourth-order valence-electron chi connectivity index (χ4n) is 14.9. The van der Waals surface area contributed by atoms with Gasteiger partial charge in [0.05, 0.1) is 38.8 Å². The summed E-state index contributed by atoms with van der Waals surface area (Å²) in [7, 11) is 0. The maximum absolute atomic E-state index is 5.52.